The monoisotopic (exact) mass is 283 g/mol. The molecular formula is C16H17N3O2. The molecule has 5 N–H and O–H groups in total. The number of ether oxygens (including phenoxy) is 1. The van der Waals surface area contributed by atoms with Gasteiger partial charge in [0.25, 0.3) is 0 Å². The van der Waals surface area contributed by atoms with E-state index in [1.54, 1.807) is 18.2 Å². The molecule has 3 rings (SSSR count). The number of fused-ring (bicyclic) bond motifs is 1. The first-order valence-corrected chi connectivity index (χ1v) is 6.83. The highest BCUT2D eigenvalue weighted by atomic mass is 16.5. The molecule has 1 atom stereocenters. The van der Waals surface area contributed by atoms with Crippen molar-refractivity contribution >= 4 is 17.3 Å². The van der Waals surface area contributed by atoms with Crippen LogP contribution in [0.3, 0.4) is 0 Å². The van der Waals surface area contributed by atoms with Crippen LogP contribution in [0.1, 0.15) is 28.4 Å². The molecule has 0 spiro atoms. The number of anilines is 2. The molecule has 1 amide bonds. The summed E-state index contributed by atoms with van der Waals surface area (Å²) in [5.74, 6) is 0.413. The maximum absolute atomic E-state index is 11.3. The summed E-state index contributed by atoms with van der Waals surface area (Å²) in [5.41, 5.74) is 14.1. The lowest BCUT2D eigenvalue weighted by Gasteiger charge is -2.28. The van der Waals surface area contributed by atoms with Crippen molar-refractivity contribution in [2.75, 3.05) is 17.7 Å². The van der Waals surface area contributed by atoms with Gasteiger partial charge in [-0.1, -0.05) is 18.2 Å². The predicted molar refractivity (Wildman–Crippen MR) is 82.3 cm³/mol. The van der Waals surface area contributed by atoms with Gasteiger partial charge in [-0.05, 0) is 24.3 Å². The second kappa shape index (κ2) is 5.36. The lowest BCUT2D eigenvalue weighted by molar-refractivity contribution is 0.100. The zero-order valence-electron chi connectivity index (χ0n) is 11.5. The number of nitrogens with two attached hydrogens (primary N) is 2. The highest BCUT2D eigenvalue weighted by molar-refractivity contribution is 5.95. The molecule has 0 aliphatic carbocycles. The van der Waals surface area contributed by atoms with E-state index in [2.05, 4.69) is 5.32 Å². The van der Waals surface area contributed by atoms with Crippen LogP contribution < -0.4 is 21.5 Å². The van der Waals surface area contributed by atoms with Crippen LogP contribution in [-0.2, 0) is 0 Å². The minimum Gasteiger partial charge on any atom is -0.493 e. The average molecular weight is 283 g/mol. The van der Waals surface area contributed by atoms with Crippen molar-refractivity contribution in [3.8, 4) is 5.75 Å². The van der Waals surface area contributed by atoms with Gasteiger partial charge in [-0.3, -0.25) is 4.79 Å². The molecule has 21 heavy (non-hydrogen) atoms. The van der Waals surface area contributed by atoms with Gasteiger partial charge in [-0.25, -0.2) is 0 Å². The molecule has 2 aromatic carbocycles. The number of benzene rings is 2. The highest BCUT2D eigenvalue weighted by Gasteiger charge is 2.21. The molecular weight excluding hydrogens is 266 g/mol. The minimum atomic E-state index is -0.467. The van der Waals surface area contributed by atoms with Gasteiger partial charge in [-0.2, -0.15) is 0 Å². The van der Waals surface area contributed by atoms with Crippen LogP contribution >= 0.6 is 0 Å². The van der Waals surface area contributed by atoms with E-state index in [0.29, 0.717) is 23.5 Å². The molecule has 5 heteroatoms. The van der Waals surface area contributed by atoms with Gasteiger partial charge >= 0.3 is 0 Å². The first-order chi connectivity index (χ1) is 10.1. The van der Waals surface area contributed by atoms with Crippen molar-refractivity contribution in [2.24, 2.45) is 5.73 Å². The minimum absolute atomic E-state index is 0.0976. The van der Waals surface area contributed by atoms with Gasteiger partial charge in [0.1, 0.15) is 5.75 Å². The third kappa shape index (κ3) is 2.63. The molecule has 0 fully saturated rings. The maximum Gasteiger partial charge on any atom is 0.248 e. The Balaban J connectivity index is 1.91. The molecule has 0 aromatic heterocycles. The number of hydrogen-bond acceptors (Lipinski definition) is 4. The number of primary amides is 1. The fraction of sp³-hybridized carbons (Fsp3) is 0.188. The first-order valence-electron chi connectivity index (χ1n) is 6.83. The summed E-state index contributed by atoms with van der Waals surface area (Å²) >= 11 is 0. The molecule has 1 aliphatic rings. The second-order valence-electron chi connectivity index (χ2n) is 5.04. The maximum atomic E-state index is 11.3. The van der Waals surface area contributed by atoms with E-state index in [9.17, 15) is 4.79 Å². The Morgan fingerprint density at radius 3 is 2.86 bits per heavy atom. The Kier molecular flexibility index (Phi) is 3.39. The third-order valence-corrected chi connectivity index (χ3v) is 3.63. The van der Waals surface area contributed by atoms with E-state index < -0.39 is 5.91 Å². The van der Waals surface area contributed by atoms with Gasteiger partial charge in [0.05, 0.1) is 24.0 Å². The summed E-state index contributed by atoms with van der Waals surface area (Å²) in [7, 11) is 0. The summed E-state index contributed by atoms with van der Waals surface area (Å²) < 4.78 is 5.64. The van der Waals surface area contributed by atoms with Crippen molar-refractivity contribution in [2.45, 2.75) is 12.5 Å². The number of carbonyl (C=O) groups is 1. The van der Waals surface area contributed by atoms with Gasteiger partial charge in [0, 0.05) is 17.5 Å². The zero-order chi connectivity index (χ0) is 14.8. The lowest BCUT2D eigenvalue weighted by Crippen LogP contribution is -2.21. The Morgan fingerprint density at radius 2 is 2.05 bits per heavy atom. The normalized spacial score (nSPS) is 16.7. The summed E-state index contributed by atoms with van der Waals surface area (Å²) in [6.07, 6.45) is 0.831. The van der Waals surface area contributed by atoms with Crippen LogP contribution in [0.5, 0.6) is 5.75 Å². The Hall–Kier alpha value is -2.69. The predicted octanol–water partition coefficient (Wildman–Crippen LogP) is 2.30. The first kappa shape index (κ1) is 13.3. The quantitative estimate of drug-likeness (QED) is 0.754. The highest BCUT2D eigenvalue weighted by Crippen LogP contribution is 2.35. The largest absolute Gasteiger partial charge is 0.493 e. The van der Waals surface area contributed by atoms with Crippen LogP contribution in [0, 0.1) is 0 Å². The fourth-order valence-corrected chi connectivity index (χ4v) is 2.51. The van der Waals surface area contributed by atoms with Gasteiger partial charge < -0.3 is 21.5 Å². The summed E-state index contributed by atoms with van der Waals surface area (Å²) in [5, 5.41) is 3.39. The van der Waals surface area contributed by atoms with Crippen LogP contribution in [0.25, 0.3) is 0 Å². The molecule has 1 unspecified atom stereocenters. The standard InChI is InChI=1S/C16H17N3O2/c17-12-6-5-10(16(18)20)9-14(12)19-13-7-8-21-15-4-2-1-3-11(13)15/h1-6,9,13,19H,7-8,17H2,(H2,18,20). The number of nitrogens with one attached hydrogen (secondary N) is 1. The lowest BCUT2D eigenvalue weighted by atomic mass is 10.00. The van der Waals surface area contributed by atoms with E-state index in [1.807, 2.05) is 24.3 Å². The second-order valence-corrected chi connectivity index (χ2v) is 5.04. The van der Waals surface area contributed by atoms with Crippen LogP contribution in [0.4, 0.5) is 11.4 Å². The number of hydrogen-bond donors (Lipinski definition) is 3. The van der Waals surface area contributed by atoms with E-state index in [-0.39, 0.29) is 6.04 Å². The number of para-hydroxylation sites is 1. The number of amides is 1. The van der Waals surface area contributed by atoms with Gasteiger partial charge in [-0.15, -0.1) is 0 Å². The molecule has 2 aromatic rings. The average Bonchev–Trinajstić information content (AvgIpc) is 2.49. The Bertz CT molecular complexity index is 685. The van der Waals surface area contributed by atoms with Crippen molar-refractivity contribution in [3.63, 3.8) is 0 Å². The molecule has 0 bridgehead atoms. The molecule has 0 radical (unpaired) electrons. The van der Waals surface area contributed by atoms with E-state index in [4.69, 9.17) is 16.2 Å². The fourth-order valence-electron chi connectivity index (χ4n) is 2.51. The molecule has 1 aliphatic heterocycles. The van der Waals surface area contributed by atoms with Crippen molar-refractivity contribution in [1.29, 1.82) is 0 Å². The summed E-state index contributed by atoms with van der Waals surface area (Å²) in [6, 6.07) is 13.0. The van der Waals surface area contributed by atoms with Gasteiger partial charge in [0.2, 0.25) is 5.91 Å². The Morgan fingerprint density at radius 1 is 1.24 bits per heavy atom. The smallest absolute Gasteiger partial charge is 0.248 e. The topological polar surface area (TPSA) is 90.4 Å². The summed E-state index contributed by atoms with van der Waals surface area (Å²) in [6.45, 7) is 0.643. The summed E-state index contributed by atoms with van der Waals surface area (Å²) in [4.78, 5) is 11.3. The van der Waals surface area contributed by atoms with E-state index in [1.165, 1.54) is 0 Å². The zero-order valence-corrected chi connectivity index (χ0v) is 11.5. The molecule has 1 heterocycles. The number of nitrogen functional groups attached to an aromatic ring is 1. The van der Waals surface area contributed by atoms with Gasteiger partial charge in [0.15, 0.2) is 0 Å². The van der Waals surface area contributed by atoms with E-state index >= 15 is 0 Å². The molecule has 5 nitrogen and oxygen atoms in total. The Labute approximate surface area is 122 Å². The van der Waals surface area contributed by atoms with E-state index in [0.717, 1.165) is 17.7 Å². The molecule has 0 saturated carbocycles. The SMILES string of the molecule is NC(=O)c1ccc(N)c(NC2CCOc3ccccc32)c1. The third-order valence-electron chi connectivity index (χ3n) is 3.63. The van der Waals surface area contributed by atoms with Crippen molar-refractivity contribution < 1.29 is 9.53 Å². The molecule has 0 saturated heterocycles. The van der Waals surface area contributed by atoms with Crippen molar-refractivity contribution in [3.05, 3.63) is 53.6 Å². The molecule has 108 valence electrons. The number of rotatable bonds is 3. The number of carbonyl (C=O) groups excluding carboxylic acids is 1. The van der Waals surface area contributed by atoms with Crippen molar-refractivity contribution in [1.82, 2.24) is 0 Å². The van der Waals surface area contributed by atoms with Crippen LogP contribution in [0.2, 0.25) is 0 Å². The van der Waals surface area contributed by atoms with Crippen LogP contribution in [-0.4, -0.2) is 12.5 Å². The van der Waals surface area contributed by atoms with Crippen LogP contribution in [0.15, 0.2) is 42.5 Å².